The molecule has 0 heterocycles. The summed E-state index contributed by atoms with van der Waals surface area (Å²) in [5, 5.41) is 0. The van der Waals surface area contributed by atoms with Crippen molar-refractivity contribution >= 4 is 0 Å². The van der Waals surface area contributed by atoms with E-state index < -0.39 is 0 Å². The number of allylic oxidation sites excluding steroid dienone is 2. The molecule has 0 radical (unpaired) electrons. The van der Waals surface area contributed by atoms with Gasteiger partial charge in [0.15, 0.2) is 0 Å². The van der Waals surface area contributed by atoms with Crippen LogP contribution in [0.2, 0.25) is 0 Å². The first-order valence-electron chi connectivity index (χ1n) is 5.24. The molecule has 0 nitrogen and oxygen atoms in total. The van der Waals surface area contributed by atoms with Gasteiger partial charge in [-0.3, -0.25) is 0 Å². The molecule has 0 amide bonds. The van der Waals surface area contributed by atoms with Gasteiger partial charge in [0.05, 0.1) is 0 Å². The van der Waals surface area contributed by atoms with Gasteiger partial charge in [-0.1, -0.05) is 53.2 Å². The van der Waals surface area contributed by atoms with Crippen molar-refractivity contribution in [2.24, 2.45) is 11.3 Å². The molecule has 0 aliphatic rings. The standard InChI is InChI=1S/C12H24/c1-6-8-10-12(5,9-7-2)11(3)4/h8,10-11H,6-7,9H2,1-5H3. The SMILES string of the molecule is CCC=CC(C)(CCC)C(C)C. The van der Waals surface area contributed by atoms with Gasteiger partial charge in [-0.25, -0.2) is 0 Å². The van der Waals surface area contributed by atoms with Gasteiger partial charge in [0.1, 0.15) is 0 Å². The Morgan fingerprint density at radius 3 is 2.17 bits per heavy atom. The van der Waals surface area contributed by atoms with Crippen molar-refractivity contribution in [3.63, 3.8) is 0 Å². The Bertz CT molecular complexity index is 133. The molecular weight excluding hydrogens is 144 g/mol. The van der Waals surface area contributed by atoms with Crippen LogP contribution in [0.4, 0.5) is 0 Å². The average molecular weight is 168 g/mol. The second-order valence-electron chi connectivity index (χ2n) is 4.22. The number of hydrogen-bond acceptors (Lipinski definition) is 0. The summed E-state index contributed by atoms with van der Waals surface area (Å²) < 4.78 is 0. The van der Waals surface area contributed by atoms with Crippen molar-refractivity contribution in [1.29, 1.82) is 0 Å². The first-order valence-corrected chi connectivity index (χ1v) is 5.24. The lowest BCUT2D eigenvalue weighted by Crippen LogP contribution is -2.20. The molecule has 0 rings (SSSR count). The van der Waals surface area contributed by atoms with E-state index in [1.807, 2.05) is 0 Å². The topological polar surface area (TPSA) is 0 Å². The average Bonchev–Trinajstić information content (AvgIpc) is 2.01. The van der Waals surface area contributed by atoms with Gasteiger partial charge in [0.2, 0.25) is 0 Å². The van der Waals surface area contributed by atoms with E-state index in [1.54, 1.807) is 0 Å². The van der Waals surface area contributed by atoms with Gasteiger partial charge in [-0.2, -0.15) is 0 Å². The molecule has 0 aliphatic heterocycles. The summed E-state index contributed by atoms with van der Waals surface area (Å²) in [6, 6.07) is 0. The third kappa shape index (κ3) is 3.42. The van der Waals surface area contributed by atoms with E-state index in [1.165, 1.54) is 12.8 Å². The van der Waals surface area contributed by atoms with Gasteiger partial charge < -0.3 is 0 Å². The van der Waals surface area contributed by atoms with Crippen molar-refractivity contribution in [3.8, 4) is 0 Å². The molecule has 1 atom stereocenters. The monoisotopic (exact) mass is 168 g/mol. The Morgan fingerprint density at radius 1 is 1.25 bits per heavy atom. The van der Waals surface area contributed by atoms with E-state index in [9.17, 15) is 0 Å². The van der Waals surface area contributed by atoms with Gasteiger partial charge in [0.25, 0.3) is 0 Å². The summed E-state index contributed by atoms with van der Waals surface area (Å²) in [6.07, 6.45) is 8.45. The third-order valence-electron chi connectivity index (χ3n) is 2.84. The van der Waals surface area contributed by atoms with Crippen LogP contribution in [-0.2, 0) is 0 Å². The lowest BCUT2D eigenvalue weighted by atomic mass is 9.75. The van der Waals surface area contributed by atoms with E-state index in [2.05, 4.69) is 46.8 Å². The quantitative estimate of drug-likeness (QED) is 0.533. The summed E-state index contributed by atoms with van der Waals surface area (Å²) in [6.45, 7) is 11.5. The maximum atomic E-state index is 2.40. The summed E-state index contributed by atoms with van der Waals surface area (Å²) >= 11 is 0. The molecule has 0 bridgehead atoms. The van der Waals surface area contributed by atoms with Gasteiger partial charge >= 0.3 is 0 Å². The van der Waals surface area contributed by atoms with E-state index >= 15 is 0 Å². The van der Waals surface area contributed by atoms with E-state index in [-0.39, 0.29) is 0 Å². The van der Waals surface area contributed by atoms with Gasteiger partial charge in [-0.15, -0.1) is 0 Å². The highest BCUT2D eigenvalue weighted by atomic mass is 14.3. The van der Waals surface area contributed by atoms with Crippen molar-refractivity contribution < 1.29 is 0 Å². The summed E-state index contributed by atoms with van der Waals surface area (Å²) in [5.41, 5.74) is 0.421. The molecular formula is C12H24. The Balaban J connectivity index is 4.28. The molecule has 0 N–H and O–H groups in total. The van der Waals surface area contributed by atoms with Crippen LogP contribution in [0.5, 0.6) is 0 Å². The van der Waals surface area contributed by atoms with Crippen molar-refractivity contribution in [2.45, 2.75) is 53.9 Å². The lowest BCUT2D eigenvalue weighted by Gasteiger charge is -2.30. The van der Waals surface area contributed by atoms with Crippen molar-refractivity contribution in [1.82, 2.24) is 0 Å². The van der Waals surface area contributed by atoms with Crippen LogP contribution < -0.4 is 0 Å². The highest BCUT2D eigenvalue weighted by molar-refractivity contribution is 4.98. The Hall–Kier alpha value is -0.260. The maximum Gasteiger partial charge on any atom is -0.0124 e. The van der Waals surface area contributed by atoms with Crippen LogP contribution >= 0.6 is 0 Å². The molecule has 0 aromatic carbocycles. The van der Waals surface area contributed by atoms with Crippen LogP contribution in [0.3, 0.4) is 0 Å². The highest BCUT2D eigenvalue weighted by Crippen LogP contribution is 2.33. The van der Waals surface area contributed by atoms with Crippen molar-refractivity contribution in [2.75, 3.05) is 0 Å². The minimum atomic E-state index is 0.421. The molecule has 0 fully saturated rings. The van der Waals surface area contributed by atoms with E-state index in [0.29, 0.717) is 5.41 Å². The molecule has 1 unspecified atom stereocenters. The number of hydrogen-bond donors (Lipinski definition) is 0. The van der Waals surface area contributed by atoms with Crippen LogP contribution in [-0.4, -0.2) is 0 Å². The molecule has 72 valence electrons. The zero-order valence-electron chi connectivity index (χ0n) is 9.35. The fraction of sp³-hybridized carbons (Fsp3) is 0.833. The molecule has 0 aromatic heterocycles. The first-order chi connectivity index (χ1) is 5.56. The Labute approximate surface area is 78.1 Å². The van der Waals surface area contributed by atoms with Gasteiger partial charge in [-0.05, 0) is 24.2 Å². The van der Waals surface area contributed by atoms with Gasteiger partial charge in [0, 0.05) is 0 Å². The minimum Gasteiger partial charge on any atom is -0.0883 e. The predicted molar refractivity (Wildman–Crippen MR) is 57.3 cm³/mol. The fourth-order valence-corrected chi connectivity index (χ4v) is 1.49. The zero-order chi connectivity index (χ0) is 9.61. The Morgan fingerprint density at radius 2 is 1.83 bits per heavy atom. The zero-order valence-corrected chi connectivity index (χ0v) is 9.35. The van der Waals surface area contributed by atoms with Crippen LogP contribution in [0.1, 0.15) is 53.9 Å². The maximum absolute atomic E-state index is 2.40. The summed E-state index contributed by atoms with van der Waals surface area (Å²) in [4.78, 5) is 0. The molecule has 12 heavy (non-hydrogen) atoms. The minimum absolute atomic E-state index is 0.421. The highest BCUT2D eigenvalue weighted by Gasteiger charge is 2.23. The number of rotatable bonds is 5. The fourth-order valence-electron chi connectivity index (χ4n) is 1.49. The second-order valence-corrected chi connectivity index (χ2v) is 4.22. The largest absolute Gasteiger partial charge is 0.0883 e. The van der Waals surface area contributed by atoms with Crippen LogP contribution in [0.15, 0.2) is 12.2 Å². The first kappa shape index (κ1) is 11.7. The smallest absolute Gasteiger partial charge is 0.0124 e. The van der Waals surface area contributed by atoms with Crippen LogP contribution in [0, 0.1) is 11.3 Å². The van der Waals surface area contributed by atoms with E-state index in [0.717, 1.165) is 12.3 Å². The lowest BCUT2D eigenvalue weighted by molar-refractivity contribution is 0.272. The van der Waals surface area contributed by atoms with Crippen molar-refractivity contribution in [3.05, 3.63) is 12.2 Å². The normalized spacial score (nSPS) is 17.2. The molecule has 0 aliphatic carbocycles. The molecule has 0 spiro atoms. The third-order valence-corrected chi connectivity index (χ3v) is 2.84. The summed E-state index contributed by atoms with van der Waals surface area (Å²) in [7, 11) is 0. The molecule has 0 saturated heterocycles. The molecule has 0 heteroatoms. The second kappa shape index (κ2) is 5.40. The Kier molecular flexibility index (Phi) is 5.28. The predicted octanol–water partition coefficient (Wildman–Crippen LogP) is 4.42. The molecule has 0 aromatic rings. The van der Waals surface area contributed by atoms with Crippen LogP contribution in [0.25, 0.3) is 0 Å². The summed E-state index contributed by atoms with van der Waals surface area (Å²) in [5.74, 6) is 0.750. The molecule has 0 saturated carbocycles. The van der Waals surface area contributed by atoms with E-state index in [4.69, 9.17) is 0 Å².